The van der Waals surface area contributed by atoms with Gasteiger partial charge in [-0.15, -0.1) is 0 Å². The van der Waals surface area contributed by atoms with Crippen molar-refractivity contribution in [1.82, 2.24) is 5.32 Å². The minimum absolute atomic E-state index is 0.252. The summed E-state index contributed by atoms with van der Waals surface area (Å²) in [5, 5.41) is 12.6. The summed E-state index contributed by atoms with van der Waals surface area (Å²) < 4.78 is 0. The number of benzene rings is 1. The summed E-state index contributed by atoms with van der Waals surface area (Å²) in [4.78, 5) is 11.2. The molecule has 2 N–H and O–H groups in total. The first-order valence-electron chi connectivity index (χ1n) is 4.48. The van der Waals surface area contributed by atoms with Crippen LogP contribution in [0.1, 0.15) is 11.6 Å². The van der Waals surface area contributed by atoms with Crippen LogP contribution in [0.2, 0.25) is 0 Å². The van der Waals surface area contributed by atoms with Gasteiger partial charge in [-0.05, 0) is 11.6 Å². The number of nitrogens with one attached hydrogen (secondary N) is 1. The molecule has 72 valence electrons. The molecule has 14 heavy (non-hydrogen) atoms. The number of ketones is 1. The fourth-order valence-electron chi connectivity index (χ4n) is 1.53. The van der Waals surface area contributed by atoms with Gasteiger partial charge >= 0.3 is 0 Å². The molecule has 0 unspecified atom stereocenters. The second-order valence-electron chi connectivity index (χ2n) is 3.24. The molecule has 1 aliphatic rings. The molecule has 1 aromatic rings. The van der Waals surface area contributed by atoms with E-state index in [1.54, 1.807) is 6.20 Å². The molecule has 0 saturated carbocycles. The van der Waals surface area contributed by atoms with Crippen LogP contribution in [0.25, 0.3) is 0 Å². The van der Waals surface area contributed by atoms with Crippen molar-refractivity contribution in [2.24, 2.45) is 0 Å². The van der Waals surface area contributed by atoms with E-state index in [-0.39, 0.29) is 11.8 Å². The Kier molecular flexibility index (Phi) is 2.33. The van der Waals surface area contributed by atoms with Gasteiger partial charge < -0.3 is 10.4 Å². The Morgan fingerprint density at radius 3 is 2.64 bits per heavy atom. The van der Waals surface area contributed by atoms with Crippen molar-refractivity contribution in [3.05, 3.63) is 48.2 Å². The Labute approximate surface area is 82.1 Å². The molecule has 0 aromatic heterocycles. The van der Waals surface area contributed by atoms with Crippen molar-refractivity contribution in [2.75, 3.05) is 0 Å². The van der Waals surface area contributed by atoms with Crippen LogP contribution in [0.4, 0.5) is 0 Å². The summed E-state index contributed by atoms with van der Waals surface area (Å²) in [7, 11) is 0. The highest BCUT2D eigenvalue weighted by atomic mass is 16.3. The van der Waals surface area contributed by atoms with Crippen molar-refractivity contribution < 1.29 is 9.90 Å². The molecule has 0 radical (unpaired) electrons. The maximum Gasteiger partial charge on any atom is 0.188 e. The summed E-state index contributed by atoms with van der Waals surface area (Å²) in [5.74, 6) is -0.252. The second kappa shape index (κ2) is 3.64. The summed E-state index contributed by atoms with van der Waals surface area (Å²) in [6, 6.07) is 9.10. The minimum atomic E-state index is -0.984. The quantitative estimate of drug-likeness (QED) is 0.686. The lowest BCUT2D eigenvalue weighted by atomic mass is 9.96. The van der Waals surface area contributed by atoms with Crippen LogP contribution in [-0.2, 0) is 4.79 Å². The van der Waals surface area contributed by atoms with Crippen LogP contribution in [0.5, 0.6) is 0 Å². The Hall–Kier alpha value is -1.61. The highest BCUT2D eigenvalue weighted by molar-refractivity contribution is 5.94. The van der Waals surface area contributed by atoms with Gasteiger partial charge in [0, 0.05) is 6.20 Å². The first-order valence-corrected chi connectivity index (χ1v) is 4.48. The average molecular weight is 189 g/mol. The fourth-order valence-corrected chi connectivity index (χ4v) is 1.53. The molecule has 1 heterocycles. The van der Waals surface area contributed by atoms with E-state index in [1.165, 1.54) is 6.08 Å². The van der Waals surface area contributed by atoms with Gasteiger partial charge in [-0.25, -0.2) is 0 Å². The van der Waals surface area contributed by atoms with E-state index in [1.807, 2.05) is 30.3 Å². The summed E-state index contributed by atoms with van der Waals surface area (Å²) in [6.07, 6.45) is 1.94. The van der Waals surface area contributed by atoms with Gasteiger partial charge in [-0.2, -0.15) is 0 Å². The molecule has 0 spiro atoms. The molecule has 2 atom stereocenters. The van der Waals surface area contributed by atoms with Crippen molar-refractivity contribution in [1.29, 1.82) is 0 Å². The topological polar surface area (TPSA) is 49.3 Å². The number of aliphatic hydroxyl groups is 1. The zero-order chi connectivity index (χ0) is 9.97. The number of hydrogen-bond donors (Lipinski definition) is 2. The number of carbonyl (C=O) groups is 1. The molecule has 3 nitrogen and oxygen atoms in total. The summed E-state index contributed by atoms with van der Waals surface area (Å²) in [5.41, 5.74) is 0.915. The van der Waals surface area contributed by atoms with Gasteiger partial charge in [-0.1, -0.05) is 30.3 Å². The molecule has 3 heteroatoms. The average Bonchev–Trinajstić information content (AvgIpc) is 2.23. The van der Waals surface area contributed by atoms with Crippen LogP contribution in [0, 0.1) is 0 Å². The van der Waals surface area contributed by atoms with E-state index in [0.29, 0.717) is 0 Å². The van der Waals surface area contributed by atoms with Crippen LogP contribution in [0.15, 0.2) is 42.6 Å². The summed E-state index contributed by atoms with van der Waals surface area (Å²) in [6.45, 7) is 0. The molecule has 1 aliphatic heterocycles. The third kappa shape index (κ3) is 1.54. The first-order chi connectivity index (χ1) is 6.79. The Balaban J connectivity index is 2.28. The third-order valence-corrected chi connectivity index (χ3v) is 2.29. The SMILES string of the molecule is O=C1C=CN[C@H](c2ccccc2)[C@H]1O. The molecule has 0 aliphatic carbocycles. The molecule has 0 bridgehead atoms. The van der Waals surface area contributed by atoms with Crippen molar-refractivity contribution in [3.63, 3.8) is 0 Å². The number of hydrogen-bond acceptors (Lipinski definition) is 3. The van der Waals surface area contributed by atoms with E-state index in [9.17, 15) is 9.90 Å². The number of aliphatic hydroxyl groups excluding tert-OH is 1. The monoisotopic (exact) mass is 189 g/mol. The largest absolute Gasteiger partial charge is 0.382 e. The van der Waals surface area contributed by atoms with Gasteiger partial charge in [0.2, 0.25) is 0 Å². The zero-order valence-electron chi connectivity index (χ0n) is 7.55. The maximum absolute atomic E-state index is 11.2. The number of carbonyl (C=O) groups excluding carboxylic acids is 1. The number of rotatable bonds is 1. The predicted octanol–water partition coefficient (Wildman–Crippen LogP) is 0.775. The van der Waals surface area contributed by atoms with Crippen LogP contribution >= 0.6 is 0 Å². The van der Waals surface area contributed by atoms with E-state index >= 15 is 0 Å². The lowest BCUT2D eigenvalue weighted by molar-refractivity contribution is -0.124. The van der Waals surface area contributed by atoms with E-state index < -0.39 is 6.10 Å². The first kappa shape index (κ1) is 8.97. The normalized spacial score (nSPS) is 25.9. The highest BCUT2D eigenvalue weighted by Gasteiger charge is 2.27. The highest BCUT2D eigenvalue weighted by Crippen LogP contribution is 2.19. The minimum Gasteiger partial charge on any atom is -0.382 e. The lowest BCUT2D eigenvalue weighted by Crippen LogP contribution is -2.37. The van der Waals surface area contributed by atoms with E-state index in [4.69, 9.17) is 0 Å². The molecule has 0 amide bonds. The Morgan fingerprint density at radius 2 is 1.93 bits per heavy atom. The molecule has 2 rings (SSSR count). The lowest BCUT2D eigenvalue weighted by Gasteiger charge is -2.24. The van der Waals surface area contributed by atoms with Crippen molar-refractivity contribution >= 4 is 5.78 Å². The molecular formula is C11H11NO2. The molecular weight excluding hydrogens is 178 g/mol. The van der Waals surface area contributed by atoms with E-state index in [2.05, 4.69) is 5.32 Å². The standard InChI is InChI=1S/C11H11NO2/c13-9-6-7-12-10(11(9)14)8-4-2-1-3-5-8/h1-7,10-12,14H/t10-,11+/m1/s1. The smallest absolute Gasteiger partial charge is 0.188 e. The third-order valence-electron chi connectivity index (χ3n) is 2.29. The van der Waals surface area contributed by atoms with Gasteiger partial charge in [0.05, 0.1) is 6.04 Å². The van der Waals surface area contributed by atoms with Crippen LogP contribution in [0.3, 0.4) is 0 Å². The van der Waals surface area contributed by atoms with Crippen LogP contribution < -0.4 is 5.32 Å². The predicted molar refractivity (Wildman–Crippen MR) is 52.5 cm³/mol. The van der Waals surface area contributed by atoms with Gasteiger partial charge in [0.15, 0.2) is 5.78 Å². The molecule has 0 saturated heterocycles. The maximum atomic E-state index is 11.2. The Bertz CT molecular complexity index is 359. The van der Waals surface area contributed by atoms with Crippen molar-refractivity contribution in [2.45, 2.75) is 12.1 Å². The molecule has 0 fully saturated rings. The van der Waals surface area contributed by atoms with E-state index in [0.717, 1.165) is 5.56 Å². The summed E-state index contributed by atoms with van der Waals surface area (Å²) >= 11 is 0. The van der Waals surface area contributed by atoms with Gasteiger partial charge in [0.1, 0.15) is 6.10 Å². The second-order valence-corrected chi connectivity index (χ2v) is 3.24. The Morgan fingerprint density at radius 1 is 1.21 bits per heavy atom. The zero-order valence-corrected chi connectivity index (χ0v) is 7.55. The van der Waals surface area contributed by atoms with Crippen molar-refractivity contribution in [3.8, 4) is 0 Å². The fraction of sp³-hybridized carbons (Fsp3) is 0.182. The van der Waals surface area contributed by atoms with Crippen LogP contribution in [-0.4, -0.2) is 17.0 Å². The van der Waals surface area contributed by atoms with Gasteiger partial charge in [-0.3, -0.25) is 4.79 Å². The molecule has 1 aromatic carbocycles. The van der Waals surface area contributed by atoms with Gasteiger partial charge in [0.25, 0.3) is 0 Å².